The summed E-state index contributed by atoms with van der Waals surface area (Å²) < 4.78 is 5.12. The minimum Gasteiger partial charge on any atom is -0.388 e. The van der Waals surface area contributed by atoms with Crippen LogP contribution >= 0.6 is 11.8 Å². The zero-order chi connectivity index (χ0) is 15.0. The number of hydrogen-bond donors (Lipinski definition) is 4. The monoisotopic (exact) mass is 308 g/mol. The first-order chi connectivity index (χ1) is 9.57. The molecule has 0 aliphatic carbocycles. The minimum absolute atomic E-state index is 0.511. The van der Waals surface area contributed by atoms with Crippen LogP contribution in [0.25, 0.3) is 0 Å². The molecular formula is C14H28O5S. The largest absolute Gasteiger partial charge is 0.388 e. The van der Waals surface area contributed by atoms with Crippen molar-refractivity contribution < 1.29 is 25.2 Å². The number of ether oxygens (including phenoxy) is 1. The van der Waals surface area contributed by atoms with Crippen LogP contribution in [0.5, 0.6) is 0 Å². The fourth-order valence-electron chi connectivity index (χ4n) is 2.25. The Morgan fingerprint density at radius 2 is 1.50 bits per heavy atom. The fraction of sp³-hybridized carbons (Fsp3) is 1.00. The van der Waals surface area contributed by atoms with Crippen molar-refractivity contribution in [3.05, 3.63) is 0 Å². The lowest BCUT2D eigenvalue weighted by Crippen LogP contribution is -2.58. The Kier molecular flexibility index (Phi) is 9.08. The lowest BCUT2D eigenvalue weighted by Gasteiger charge is -2.38. The average molecular weight is 308 g/mol. The first-order valence-electron chi connectivity index (χ1n) is 7.53. The van der Waals surface area contributed by atoms with E-state index in [1.165, 1.54) is 32.1 Å². The maximum Gasteiger partial charge on any atom is 0.183 e. The Labute approximate surface area is 125 Å². The van der Waals surface area contributed by atoms with Gasteiger partial charge in [-0.3, -0.25) is 0 Å². The number of aliphatic hydroxyl groups excluding tert-OH is 4. The lowest BCUT2D eigenvalue weighted by molar-refractivity contribution is -0.276. The molecule has 1 heterocycles. The van der Waals surface area contributed by atoms with E-state index in [4.69, 9.17) is 4.74 Å². The molecule has 5 nitrogen and oxygen atoms in total. The normalized spacial score (nSPS) is 34.4. The molecule has 1 saturated heterocycles. The Hall–Kier alpha value is 0.150. The van der Waals surface area contributed by atoms with Gasteiger partial charge in [0.05, 0.1) is 6.10 Å². The first-order valence-corrected chi connectivity index (χ1v) is 8.68. The highest BCUT2D eigenvalue weighted by molar-refractivity contribution is 7.99. The summed E-state index contributed by atoms with van der Waals surface area (Å²) in [5, 5.41) is 38.1. The number of unbranched alkanes of at least 4 members (excludes halogenated alkanes) is 5. The fourth-order valence-corrected chi connectivity index (χ4v) is 3.34. The Morgan fingerprint density at radius 3 is 2.20 bits per heavy atom. The predicted molar refractivity (Wildman–Crippen MR) is 79.6 cm³/mol. The first kappa shape index (κ1) is 18.2. The van der Waals surface area contributed by atoms with Crippen LogP contribution in [0.4, 0.5) is 0 Å². The molecule has 1 rings (SSSR count). The molecule has 6 heteroatoms. The van der Waals surface area contributed by atoms with Crippen LogP contribution in [0.3, 0.4) is 0 Å². The van der Waals surface area contributed by atoms with E-state index in [-0.39, 0.29) is 0 Å². The summed E-state index contributed by atoms with van der Waals surface area (Å²) in [7, 11) is 0. The molecule has 1 fully saturated rings. The molecular weight excluding hydrogens is 280 g/mol. The molecule has 4 N–H and O–H groups in total. The van der Waals surface area contributed by atoms with Gasteiger partial charge in [0.1, 0.15) is 18.3 Å². The van der Waals surface area contributed by atoms with Crippen molar-refractivity contribution in [2.45, 2.75) is 76.2 Å². The highest BCUT2D eigenvalue weighted by Gasteiger charge is 2.42. The average Bonchev–Trinajstić information content (AvgIpc) is 2.44. The van der Waals surface area contributed by atoms with Crippen LogP contribution in [0, 0.1) is 0 Å². The van der Waals surface area contributed by atoms with Crippen molar-refractivity contribution in [3.8, 4) is 0 Å². The van der Waals surface area contributed by atoms with E-state index in [0.717, 1.165) is 12.2 Å². The van der Waals surface area contributed by atoms with Gasteiger partial charge in [-0.05, 0) is 12.2 Å². The van der Waals surface area contributed by atoms with E-state index in [9.17, 15) is 20.4 Å². The number of aliphatic hydroxyl groups is 4. The maximum absolute atomic E-state index is 9.77. The van der Waals surface area contributed by atoms with Crippen molar-refractivity contribution >= 4 is 11.8 Å². The van der Waals surface area contributed by atoms with Gasteiger partial charge in [0, 0.05) is 5.75 Å². The van der Waals surface area contributed by atoms with Crippen molar-refractivity contribution in [2.24, 2.45) is 0 Å². The molecule has 1 aliphatic rings. The summed E-state index contributed by atoms with van der Waals surface area (Å²) in [4.78, 5) is 0. The molecule has 0 radical (unpaired) electrons. The van der Waals surface area contributed by atoms with Gasteiger partial charge in [0.2, 0.25) is 0 Å². The molecule has 0 spiro atoms. The van der Waals surface area contributed by atoms with Crippen molar-refractivity contribution in [1.82, 2.24) is 0 Å². The van der Waals surface area contributed by atoms with Gasteiger partial charge in [0.15, 0.2) is 6.29 Å². The maximum atomic E-state index is 9.77. The molecule has 0 aromatic heterocycles. The summed E-state index contributed by atoms with van der Waals surface area (Å²) >= 11 is 1.64. The van der Waals surface area contributed by atoms with Gasteiger partial charge in [-0.25, -0.2) is 0 Å². The zero-order valence-corrected chi connectivity index (χ0v) is 13.0. The highest BCUT2D eigenvalue weighted by atomic mass is 32.2. The zero-order valence-electron chi connectivity index (χ0n) is 12.1. The molecule has 120 valence electrons. The second-order valence-electron chi connectivity index (χ2n) is 5.38. The van der Waals surface area contributed by atoms with Crippen molar-refractivity contribution in [2.75, 3.05) is 11.5 Å². The van der Waals surface area contributed by atoms with Crippen molar-refractivity contribution in [1.29, 1.82) is 0 Å². The molecule has 1 aliphatic heterocycles. The summed E-state index contributed by atoms with van der Waals surface area (Å²) in [6.07, 6.45) is 1.46. The van der Waals surface area contributed by atoms with E-state index >= 15 is 0 Å². The predicted octanol–water partition coefficient (Wildman–Crippen LogP) is 0.880. The second-order valence-corrected chi connectivity index (χ2v) is 6.53. The van der Waals surface area contributed by atoms with Crippen LogP contribution in [0.1, 0.15) is 45.4 Å². The standard InChI is InChI=1S/C14H28O5S/c1-2-3-4-5-6-7-8-20-9-10-11(15)12(16)13(17)14(18)19-10/h10-18H,2-9H2,1H3/t10-,11+,12+,13-,14+/m1/s1. The second kappa shape index (κ2) is 9.97. The van der Waals surface area contributed by atoms with Gasteiger partial charge >= 0.3 is 0 Å². The van der Waals surface area contributed by atoms with E-state index in [1.807, 2.05) is 0 Å². The van der Waals surface area contributed by atoms with Crippen LogP contribution in [0.15, 0.2) is 0 Å². The lowest BCUT2D eigenvalue weighted by atomic mass is 10.0. The van der Waals surface area contributed by atoms with Crippen LogP contribution < -0.4 is 0 Å². The molecule has 0 unspecified atom stereocenters. The Bertz CT molecular complexity index is 254. The van der Waals surface area contributed by atoms with Gasteiger partial charge in [-0.2, -0.15) is 11.8 Å². The SMILES string of the molecule is CCCCCCCCSC[C@H]1O[C@H](O)[C@H](O)[C@@H](O)[C@H]1O. The minimum atomic E-state index is -1.44. The summed E-state index contributed by atoms with van der Waals surface area (Å²) in [5.74, 6) is 1.49. The highest BCUT2D eigenvalue weighted by Crippen LogP contribution is 2.23. The van der Waals surface area contributed by atoms with Crippen LogP contribution in [-0.2, 0) is 4.74 Å². The van der Waals surface area contributed by atoms with E-state index in [0.29, 0.717) is 5.75 Å². The summed E-state index contributed by atoms with van der Waals surface area (Å²) in [6, 6.07) is 0. The van der Waals surface area contributed by atoms with Gasteiger partial charge in [-0.15, -0.1) is 0 Å². The topological polar surface area (TPSA) is 90.2 Å². The Balaban J connectivity index is 2.09. The number of hydrogen-bond acceptors (Lipinski definition) is 6. The molecule has 5 atom stereocenters. The molecule has 0 amide bonds. The third-order valence-electron chi connectivity index (χ3n) is 3.61. The molecule has 0 bridgehead atoms. The number of thioether (sulfide) groups is 1. The summed E-state index contributed by atoms with van der Waals surface area (Å²) in [6.45, 7) is 2.20. The van der Waals surface area contributed by atoms with Gasteiger partial charge < -0.3 is 25.2 Å². The quantitative estimate of drug-likeness (QED) is 0.473. The third kappa shape index (κ3) is 5.87. The summed E-state index contributed by atoms with van der Waals surface area (Å²) in [5.41, 5.74) is 0. The van der Waals surface area contributed by atoms with E-state index in [2.05, 4.69) is 6.92 Å². The Morgan fingerprint density at radius 1 is 0.850 bits per heavy atom. The molecule has 20 heavy (non-hydrogen) atoms. The third-order valence-corrected chi connectivity index (χ3v) is 4.75. The van der Waals surface area contributed by atoms with Crippen LogP contribution in [-0.4, -0.2) is 62.6 Å². The molecule has 0 aromatic carbocycles. The van der Waals surface area contributed by atoms with Crippen molar-refractivity contribution in [3.63, 3.8) is 0 Å². The van der Waals surface area contributed by atoms with E-state index < -0.39 is 30.7 Å². The van der Waals surface area contributed by atoms with Gasteiger partial charge in [0.25, 0.3) is 0 Å². The van der Waals surface area contributed by atoms with Gasteiger partial charge in [-0.1, -0.05) is 39.0 Å². The van der Waals surface area contributed by atoms with E-state index in [1.54, 1.807) is 11.8 Å². The molecule has 0 aromatic rings. The smallest absolute Gasteiger partial charge is 0.183 e. The number of rotatable bonds is 9. The van der Waals surface area contributed by atoms with Crippen LogP contribution in [0.2, 0.25) is 0 Å². The molecule has 0 saturated carbocycles.